The van der Waals surface area contributed by atoms with Crippen LogP contribution < -0.4 is 69.3 Å². The van der Waals surface area contributed by atoms with E-state index in [1.807, 2.05) is 0 Å². The predicted molar refractivity (Wildman–Crippen MR) is 30.1 cm³/mol. The molecule has 0 atom stereocenters. The quantitative estimate of drug-likeness (QED) is 0.201. The molecule has 6 nitrogen and oxygen atoms in total. The van der Waals surface area contributed by atoms with Crippen LogP contribution >= 0.6 is 0 Å². The van der Waals surface area contributed by atoms with Gasteiger partial charge in [-0.15, -0.1) is 0 Å². The van der Waals surface area contributed by atoms with Gasteiger partial charge in [0.25, 0.3) is 0 Å². The Kier molecular flexibility index (Phi) is 13.6. The van der Waals surface area contributed by atoms with Gasteiger partial charge in [0.2, 0.25) is 0 Å². The molecule has 0 saturated carbocycles. The van der Waals surface area contributed by atoms with Crippen molar-refractivity contribution in [3.8, 4) is 0 Å². The van der Waals surface area contributed by atoms with Crippen LogP contribution in [0.25, 0.3) is 0 Å². The standard InChI is InChI=1S/C6H6O6.2Na/c1-2-3(7)12-4(5(8)9)6(10)11;;/h2,4H,1H2,(H,8,9)(H,10,11);;/q;2*+1/p-2. The van der Waals surface area contributed by atoms with Gasteiger partial charge in [0.15, 0.2) is 6.10 Å². The average Bonchev–Trinajstić information content (AvgIpc) is 1.98. The summed E-state index contributed by atoms with van der Waals surface area (Å²) in [5, 5.41) is 19.9. The van der Waals surface area contributed by atoms with Gasteiger partial charge in [-0.1, -0.05) is 6.58 Å². The molecule has 0 radical (unpaired) electrons. The van der Waals surface area contributed by atoms with E-state index in [1.165, 1.54) is 0 Å². The van der Waals surface area contributed by atoms with E-state index in [0.29, 0.717) is 6.08 Å². The van der Waals surface area contributed by atoms with E-state index < -0.39 is 24.0 Å². The summed E-state index contributed by atoms with van der Waals surface area (Å²) in [6.07, 6.45) is -1.77. The number of ether oxygens (including phenoxy) is 1. The number of aliphatic carboxylic acids is 2. The summed E-state index contributed by atoms with van der Waals surface area (Å²) >= 11 is 0. The van der Waals surface area contributed by atoms with Gasteiger partial charge in [-0.25, -0.2) is 4.79 Å². The van der Waals surface area contributed by atoms with Gasteiger partial charge in [0, 0.05) is 6.08 Å². The van der Waals surface area contributed by atoms with E-state index in [1.54, 1.807) is 0 Å². The van der Waals surface area contributed by atoms with Gasteiger partial charge in [-0.3, -0.25) is 0 Å². The third-order valence-corrected chi connectivity index (χ3v) is 0.829. The minimum atomic E-state index is -2.39. The van der Waals surface area contributed by atoms with E-state index in [-0.39, 0.29) is 59.1 Å². The maximum Gasteiger partial charge on any atom is 1.00 e. The maximum absolute atomic E-state index is 10.3. The number of carboxylic acids is 2. The second-order valence-electron chi connectivity index (χ2n) is 1.66. The van der Waals surface area contributed by atoms with E-state index in [0.717, 1.165) is 0 Å². The minimum Gasteiger partial charge on any atom is -0.546 e. The summed E-state index contributed by atoms with van der Waals surface area (Å²) in [6, 6.07) is 0. The van der Waals surface area contributed by atoms with Crippen molar-refractivity contribution in [2.75, 3.05) is 0 Å². The van der Waals surface area contributed by atoms with Crippen LogP contribution in [0.15, 0.2) is 12.7 Å². The molecule has 14 heavy (non-hydrogen) atoms. The van der Waals surface area contributed by atoms with Crippen molar-refractivity contribution in [1.29, 1.82) is 0 Å². The Morgan fingerprint density at radius 1 is 1.14 bits per heavy atom. The van der Waals surface area contributed by atoms with Crippen LogP contribution in [0.1, 0.15) is 0 Å². The molecule has 0 fully saturated rings. The fourth-order valence-electron chi connectivity index (χ4n) is 0.357. The van der Waals surface area contributed by atoms with Crippen molar-refractivity contribution in [2.24, 2.45) is 0 Å². The van der Waals surface area contributed by atoms with Crippen LogP contribution in [0.4, 0.5) is 0 Å². The molecule has 0 amide bonds. The first kappa shape index (κ1) is 19.7. The van der Waals surface area contributed by atoms with Gasteiger partial charge < -0.3 is 24.5 Å². The smallest absolute Gasteiger partial charge is 0.546 e. The summed E-state index contributed by atoms with van der Waals surface area (Å²) in [4.78, 5) is 30.2. The van der Waals surface area contributed by atoms with Crippen molar-refractivity contribution in [3.05, 3.63) is 12.7 Å². The summed E-state index contributed by atoms with van der Waals surface area (Å²) in [7, 11) is 0. The topological polar surface area (TPSA) is 107 Å². The molecule has 66 valence electrons. The summed E-state index contributed by atoms with van der Waals surface area (Å²) in [6.45, 7) is 2.93. The molecule has 0 aliphatic heterocycles. The molecule has 0 N–H and O–H groups in total. The van der Waals surface area contributed by atoms with Crippen LogP contribution in [0.5, 0.6) is 0 Å². The average molecular weight is 218 g/mol. The third-order valence-electron chi connectivity index (χ3n) is 0.829. The first-order chi connectivity index (χ1) is 5.49. The number of esters is 1. The van der Waals surface area contributed by atoms with E-state index in [9.17, 15) is 24.6 Å². The molecule has 0 aromatic rings. The minimum absolute atomic E-state index is 0. The Bertz CT molecular complexity index is 224. The Morgan fingerprint density at radius 3 is 1.71 bits per heavy atom. The van der Waals surface area contributed by atoms with Crippen LogP contribution in [-0.4, -0.2) is 24.0 Å². The van der Waals surface area contributed by atoms with Crippen molar-refractivity contribution in [2.45, 2.75) is 6.10 Å². The van der Waals surface area contributed by atoms with Gasteiger partial charge in [-0.05, 0) is 0 Å². The van der Waals surface area contributed by atoms with Crippen LogP contribution in [0.2, 0.25) is 0 Å². The number of hydrogen-bond acceptors (Lipinski definition) is 6. The van der Waals surface area contributed by atoms with Gasteiger partial charge >= 0.3 is 65.1 Å². The zero-order chi connectivity index (χ0) is 9.72. The molecule has 0 unspecified atom stereocenters. The molecule has 8 heteroatoms. The SMILES string of the molecule is C=CC(=O)OC(C(=O)[O-])C(=O)[O-].[Na+].[Na+]. The second kappa shape index (κ2) is 9.70. The third kappa shape index (κ3) is 7.54. The number of rotatable bonds is 4. The Labute approximate surface area is 124 Å². The van der Waals surface area contributed by atoms with Gasteiger partial charge in [0.1, 0.15) is 0 Å². The van der Waals surface area contributed by atoms with Crippen LogP contribution in [0, 0.1) is 0 Å². The molecule has 0 aromatic heterocycles. The first-order valence-corrected chi connectivity index (χ1v) is 2.73. The van der Waals surface area contributed by atoms with Crippen molar-refractivity contribution < 1.29 is 88.4 Å². The maximum atomic E-state index is 10.3. The second-order valence-corrected chi connectivity index (χ2v) is 1.66. The summed E-state index contributed by atoms with van der Waals surface area (Å²) in [5.41, 5.74) is 0. The van der Waals surface area contributed by atoms with Crippen LogP contribution in [0.3, 0.4) is 0 Å². The number of carbonyl (C=O) groups is 3. The molecule has 0 spiro atoms. The largest absolute Gasteiger partial charge is 1.00 e. The monoisotopic (exact) mass is 218 g/mol. The Morgan fingerprint density at radius 2 is 1.50 bits per heavy atom. The molecule has 0 heterocycles. The number of carbonyl (C=O) groups excluding carboxylic acids is 3. The van der Waals surface area contributed by atoms with E-state index >= 15 is 0 Å². The molecule has 0 saturated heterocycles. The Balaban J connectivity index is -0.000000605. The van der Waals surface area contributed by atoms with Crippen molar-refractivity contribution >= 4 is 17.9 Å². The molecule has 0 rings (SSSR count). The predicted octanol–water partition coefficient (Wildman–Crippen LogP) is -9.41. The van der Waals surface area contributed by atoms with Crippen LogP contribution in [-0.2, 0) is 19.1 Å². The van der Waals surface area contributed by atoms with Crippen molar-refractivity contribution in [1.82, 2.24) is 0 Å². The summed E-state index contributed by atoms with van der Waals surface area (Å²) < 4.78 is 3.84. The Hall–Kier alpha value is 0.150. The van der Waals surface area contributed by atoms with E-state index in [4.69, 9.17) is 0 Å². The zero-order valence-electron chi connectivity index (χ0n) is 7.81. The number of carboxylic acid groups (broad SMARTS) is 2. The molecule has 0 aliphatic carbocycles. The zero-order valence-corrected chi connectivity index (χ0v) is 11.8. The molecular weight excluding hydrogens is 214 g/mol. The molecule has 0 aliphatic rings. The molecule has 0 bridgehead atoms. The molecular formula is C6H4Na2O6. The van der Waals surface area contributed by atoms with E-state index in [2.05, 4.69) is 11.3 Å². The summed E-state index contributed by atoms with van der Waals surface area (Å²) in [5.74, 6) is -5.27. The van der Waals surface area contributed by atoms with Crippen molar-refractivity contribution in [3.63, 3.8) is 0 Å². The molecule has 0 aromatic carbocycles. The fourth-order valence-corrected chi connectivity index (χ4v) is 0.357. The number of hydrogen-bond donors (Lipinski definition) is 0. The van der Waals surface area contributed by atoms with Gasteiger partial charge in [-0.2, -0.15) is 0 Å². The normalized spacial score (nSPS) is 7.79. The first-order valence-electron chi connectivity index (χ1n) is 2.73. The fraction of sp³-hybridized carbons (Fsp3) is 0.167. The van der Waals surface area contributed by atoms with Gasteiger partial charge in [0.05, 0.1) is 11.9 Å².